The number of nitrogens with zero attached hydrogens (tertiary/aromatic N) is 4. The molecule has 2 aliphatic heterocycles. The third kappa shape index (κ3) is 29.7. The van der Waals surface area contributed by atoms with Gasteiger partial charge in [-0.3, -0.25) is 48.6 Å². The van der Waals surface area contributed by atoms with Crippen molar-refractivity contribution in [2.24, 2.45) is 52.4 Å². The number of ketones is 3. The predicted octanol–water partition coefficient (Wildman–Crippen LogP) is 11.4. The fourth-order valence-corrected chi connectivity index (χ4v) is 15.4. The number of aliphatic carboxylic acids is 1. The van der Waals surface area contributed by atoms with Gasteiger partial charge >= 0.3 is 5.97 Å². The molecule has 3 aliphatic rings. The molecule has 2 fully saturated rings. The molecule has 5 amide bonds. The van der Waals surface area contributed by atoms with E-state index in [2.05, 4.69) is 29.9 Å². The highest BCUT2D eigenvalue weighted by atomic mass is 16.6. The predicted molar refractivity (Wildman–Crippen MR) is 411 cm³/mol. The minimum atomic E-state index is -1.05. The van der Waals surface area contributed by atoms with E-state index in [0.717, 1.165) is 79.5 Å². The number of hydrogen-bond donors (Lipinski definition) is 4. The molecule has 0 radical (unpaired) electrons. The summed E-state index contributed by atoms with van der Waals surface area (Å²) in [5, 5.41) is 20.9. The quantitative estimate of drug-likeness (QED) is 0.0448. The van der Waals surface area contributed by atoms with Gasteiger partial charge in [-0.1, -0.05) is 136 Å². The van der Waals surface area contributed by atoms with Crippen LogP contribution in [0.5, 0.6) is 0 Å². The number of hydrogen-bond acceptors (Lipinski definition) is 17. The number of benzene rings is 2. The lowest BCUT2D eigenvalue weighted by atomic mass is 9.77. The van der Waals surface area contributed by atoms with Crippen LogP contribution in [-0.2, 0) is 84.5 Å². The Morgan fingerprint density at radius 2 is 1.33 bits per heavy atom. The zero-order valence-electron chi connectivity index (χ0n) is 66.4. The van der Waals surface area contributed by atoms with E-state index < -0.39 is 54.1 Å². The van der Waals surface area contributed by atoms with Crippen LogP contribution >= 0.6 is 0 Å². The molecule has 2 aromatic rings. The second-order valence-electron chi connectivity index (χ2n) is 30.3. The van der Waals surface area contributed by atoms with Gasteiger partial charge in [0.1, 0.15) is 11.6 Å². The van der Waals surface area contributed by atoms with E-state index in [4.69, 9.17) is 33.5 Å². The minimum absolute atomic E-state index is 0.0312. The summed E-state index contributed by atoms with van der Waals surface area (Å²) in [6, 6.07) is 15.5. The molecule has 0 bridgehead atoms. The molecule has 1 saturated heterocycles. The van der Waals surface area contributed by atoms with E-state index in [0.29, 0.717) is 111 Å². The van der Waals surface area contributed by atoms with E-state index >= 15 is 0 Å². The molecule has 0 aromatic heterocycles. The summed E-state index contributed by atoms with van der Waals surface area (Å²) in [6.07, 6.45) is 11.3. The average molecular weight is 1480 g/mol. The van der Waals surface area contributed by atoms with Crippen LogP contribution in [0.4, 0.5) is 0 Å². The number of methoxy groups -OCH3 is 2. The lowest BCUT2D eigenvalue weighted by molar-refractivity contribution is -0.150. The number of carbonyl (C=O) groups is 9. The van der Waals surface area contributed by atoms with Crippen molar-refractivity contribution in [3.05, 3.63) is 76.9 Å². The number of amides is 5. The molecule has 1 aliphatic carbocycles. The van der Waals surface area contributed by atoms with Crippen LogP contribution < -0.4 is 16.1 Å². The molecule has 4 N–H and O–H groups in total. The molecule has 106 heavy (non-hydrogen) atoms. The van der Waals surface area contributed by atoms with Gasteiger partial charge in [-0.25, -0.2) is 0 Å². The van der Waals surface area contributed by atoms with Crippen LogP contribution in [0.15, 0.2) is 65.3 Å². The molecule has 2 aromatic carbocycles. The van der Waals surface area contributed by atoms with Gasteiger partial charge in [-0.2, -0.15) is 5.10 Å². The van der Waals surface area contributed by atoms with Gasteiger partial charge in [0.05, 0.1) is 101 Å². The number of allylic oxidation sites excluding steroid dienone is 1. The highest BCUT2D eigenvalue weighted by Crippen LogP contribution is 2.39. The number of unbranched alkanes of at least 4 members (excludes halogenated alkanes) is 3. The molecule has 11 atom stereocenters. The third-order valence-corrected chi connectivity index (χ3v) is 21.8. The van der Waals surface area contributed by atoms with E-state index in [1.807, 2.05) is 96.1 Å². The van der Waals surface area contributed by atoms with Crippen LogP contribution in [0.25, 0.3) is 5.70 Å². The first kappa shape index (κ1) is 89.9. The first-order chi connectivity index (χ1) is 50.8. The van der Waals surface area contributed by atoms with Crippen molar-refractivity contribution >= 4 is 64.3 Å². The van der Waals surface area contributed by atoms with Gasteiger partial charge in [-0.15, -0.1) is 0 Å². The second kappa shape index (κ2) is 48.6. The minimum Gasteiger partial charge on any atom is -0.481 e. The molecule has 0 spiro atoms. The van der Waals surface area contributed by atoms with Crippen LogP contribution in [0.3, 0.4) is 0 Å². The van der Waals surface area contributed by atoms with Gasteiger partial charge < -0.3 is 58.9 Å². The van der Waals surface area contributed by atoms with Gasteiger partial charge in [0.25, 0.3) is 0 Å². The molecule has 23 heteroatoms. The van der Waals surface area contributed by atoms with Gasteiger partial charge in [0.2, 0.25) is 29.5 Å². The lowest BCUT2D eigenvalue weighted by Gasteiger charge is -2.41. The highest BCUT2D eigenvalue weighted by molar-refractivity contribution is 5.94. The van der Waals surface area contributed by atoms with Crippen molar-refractivity contribution in [2.75, 3.05) is 94.3 Å². The molecule has 5 rings (SSSR count). The van der Waals surface area contributed by atoms with Crippen LogP contribution in [-0.4, -0.2) is 203 Å². The van der Waals surface area contributed by atoms with Crippen molar-refractivity contribution in [1.29, 1.82) is 0 Å². The van der Waals surface area contributed by atoms with Crippen molar-refractivity contribution < 1.29 is 76.7 Å². The summed E-state index contributed by atoms with van der Waals surface area (Å²) in [4.78, 5) is 127. The second-order valence-corrected chi connectivity index (χ2v) is 30.3. The fraction of sp³-hybridized carbons (Fsp3) is 0.711. The molecule has 23 nitrogen and oxygen atoms in total. The Morgan fingerprint density at radius 1 is 0.660 bits per heavy atom. The third-order valence-electron chi connectivity index (χ3n) is 21.8. The Labute approximate surface area is 632 Å². The summed E-state index contributed by atoms with van der Waals surface area (Å²) < 4.78 is 34.5. The fourth-order valence-electron chi connectivity index (χ4n) is 15.4. The van der Waals surface area contributed by atoms with E-state index in [1.54, 1.807) is 30.8 Å². The SMILES string of the molecule is CCCCCCC(=O)CCOCCOCCOCCOCCNC(=O)CC1CCCC2=C(c3ccc(CNC(=O)CCCC(=O)N(C)[C@H](C(=O)C[C@H](C(=O)N(C)[C@@H](C(C)CC)[C@@H](CC(=O)N4CCC[C@H]4[C@H](OC)[C@@H](C)C(=O)C[C@@H](Cc4ccccc4)C(=O)O)OC)C(C)C)C(C)C)cc3)NN=C(C)C2CC1. The zero-order chi connectivity index (χ0) is 77.7. The number of carboxylic acids is 1. The number of rotatable bonds is 52. The number of fused-ring (bicyclic) bond motifs is 1. The van der Waals surface area contributed by atoms with Gasteiger partial charge in [0, 0.05) is 116 Å². The zero-order valence-corrected chi connectivity index (χ0v) is 66.4. The molecular weight excluding hydrogens is 1350 g/mol. The van der Waals surface area contributed by atoms with Crippen molar-refractivity contribution in [2.45, 2.75) is 240 Å². The average Bonchev–Trinajstić information content (AvgIpc) is 1.22. The maximum absolute atomic E-state index is 14.9. The van der Waals surface area contributed by atoms with E-state index in [-0.39, 0.29) is 121 Å². The summed E-state index contributed by atoms with van der Waals surface area (Å²) in [5.74, 6) is -4.84. The summed E-state index contributed by atoms with van der Waals surface area (Å²) >= 11 is 0. The lowest BCUT2D eigenvalue weighted by Crippen LogP contribution is -2.54. The number of hydrazone groups is 1. The van der Waals surface area contributed by atoms with Crippen LogP contribution in [0.2, 0.25) is 0 Å². The highest BCUT2D eigenvalue weighted by Gasteiger charge is 2.44. The smallest absolute Gasteiger partial charge is 0.307 e. The number of ether oxygens (including phenoxy) is 6. The standard InChI is InChI=1S/C83H131N7O16/c1-14-16-17-21-28-66(91)39-42-103-44-46-105-48-49-106-47-45-104-43-40-84-75(95)51-62-27-22-29-68-67(38-35-62)60(9)86-87-78(68)64-36-33-63(34-37-64)55-85-74(94)31-23-32-76(96)88(10)79(57(5)6)72(93)53-69(56(3)4)82(98)89(11)80(58(7)15-2)73(101-12)54-77(97)90-41-24-30-70(90)81(102-13)59(8)71(92)52-65(83(99)100)50-61-25-19-18-20-26-61/h18-20,25-26,33-34,36-37,56-59,62,65,67,69-70,73,79-81,87H,14-17,21-24,27-32,35,38-55H2,1-13H3,(H,84,95)(H,85,94)(H,99,100)/t58?,59-,62?,65+,67?,69-,70-,73+,79-,80-,81+/m0/s1. The van der Waals surface area contributed by atoms with E-state index in [1.165, 1.54) is 31.1 Å². The summed E-state index contributed by atoms with van der Waals surface area (Å²) in [6.45, 7) is 22.2. The summed E-state index contributed by atoms with van der Waals surface area (Å²) in [7, 11) is 6.35. The number of likely N-dealkylation sites (N-methyl/N-ethyl adjacent to an activating group) is 2. The molecule has 594 valence electrons. The Hall–Kier alpha value is -6.76. The van der Waals surface area contributed by atoms with Crippen molar-refractivity contribution in [3.63, 3.8) is 0 Å². The molecular formula is C83H131N7O16. The monoisotopic (exact) mass is 1480 g/mol. The normalized spacial score (nSPS) is 18.4. The van der Waals surface area contributed by atoms with Crippen molar-refractivity contribution in [1.82, 2.24) is 30.8 Å². The number of Topliss-reactive ketones (excluding diaryl/α,β-unsaturated/α-hetero) is 3. The first-order valence-electron chi connectivity index (χ1n) is 39.5. The van der Waals surface area contributed by atoms with E-state index in [9.17, 15) is 48.3 Å². The largest absolute Gasteiger partial charge is 0.481 e. The number of carbonyl (C=O) groups excluding carboxylic acids is 8. The number of carboxylic acid groups (broad SMARTS) is 1. The van der Waals surface area contributed by atoms with Gasteiger partial charge in [-0.05, 0) is 117 Å². The van der Waals surface area contributed by atoms with Crippen molar-refractivity contribution in [3.8, 4) is 0 Å². The Bertz CT molecular complexity index is 3110. The molecule has 1 saturated carbocycles. The van der Waals surface area contributed by atoms with Crippen LogP contribution in [0, 0.1) is 47.3 Å². The first-order valence-corrected chi connectivity index (χ1v) is 39.5. The molecule has 2 heterocycles. The number of nitrogens with one attached hydrogen (secondary N) is 3. The Morgan fingerprint density at radius 3 is 1.95 bits per heavy atom. The van der Waals surface area contributed by atoms with Crippen LogP contribution in [0.1, 0.15) is 214 Å². The number of likely N-dealkylation sites (tertiary alicyclic amines) is 1. The topological polar surface area (TPSA) is 287 Å². The summed E-state index contributed by atoms with van der Waals surface area (Å²) in [5.41, 5.74) is 9.44. The maximum atomic E-state index is 14.9. The van der Waals surface area contributed by atoms with Gasteiger partial charge in [0.15, 0.2) is 5.78 Å². The maximum Gasteiger partial charge on any atom is 0.307 e. The Kier molecular flexibility index (Phi) is 41.2. The molecule has 3 unspecified atom stereocenters. The Balaban J connectivity index is 1.03.